The molecule has 0 atom stereocenters. The van der Waals surface area contributed by atoms with Gasteiger partial charge in [0.1, 0.15) is 0 Å². The summed E-state index contributed by atoms with van der Waals surface area (Å²) < 4.78 is 35.9. The summed E-state index contributed by atoms with van der Waals surface area (Å²) in [6.07, 6.45) is -4.50. The fourth-order valence-corrected chi connectivity index (χ4v) is 0.761. The smallest absolute Gasteiger partial charge is 0.164 e. The Morgan fingerprint density at radius 2 is 2.00 bits per heavy atom. The third kappa shape index (κ3) is 2.67. The summed E-state index contributed by atoms with van der Waals surface area (Å²) in [6.45, 7) is 4.05. The predicted octanol–water partition coefficient (Wildman–Crippen LogP) is 1.35. The van der Waals surface area contributed by atoms with Crippen LogP contribution in [0.3, 0.4) is 0 Å². The fraction of sp³-hybridized carbons (Fsp3) is 0.833. The molecule has 0 aliphatic heterocycles. The van der Waals surface area contributed by atoms with E-state index in [1.165, 1.54) is 0 Å². The molecule has 1 heterocycles. The van der Waals surface area contributed by atoms with E-state index in [1.807, 2.05) is 13.8 Å². The van der Waals surface area contributed by atoms with Gasteiger partial charge in [0.25, 0.3) is 5.82 Å². The van der Waals surface area contributed by atoms with Crippen LogP contribution in [0.5, 0.6) is 0 Å². The summed E-state index contributed by atoms with van der Waals surface area (Å²) in [7, 11) is 0. The van der Waals surface area contributed by atoms with Gasteiger partial charge in [-0.1, -0.05) is 13.8 Å². The maximum absolute atomic E-state index is 12.0. The Bertz CT molecular complexity index is 278. The van der Waals surface area contributed by atoms with Crippen molar-refractivity contribution in [2.75, 3.05) is 0 Å². The van der Waals surface area contributed by atoms with Crippen LogP contribution in [-0.4, -0.2) is 20.2 Å². The zero-order valence-corrected chi connectivity index (χ0v) is 7.21. The maximum atomic E-state index is 12.0. The van der Waals surface area contributed by atoms with Crippen molar-refractivity contribution in [2.24, 2.45) is 5.92 Å². The first kappa shape index (κ1) is 9.94. The summed E-state index contributed by atoms with van der Waals surface area (Å²) in [5.41, 5.74) is 0. The van der Waals surface area contributed by atoms with Crippen molar-refractivity contribution in [3.63, 3.8) is 0 Å². The average Bonchev–Trinajstić information content (AvgIpc) is 2.32. The van der Waals surface area contributed by atoms with Crippen LogP contribution in [-0.2, 0) is 12.7 Å². The molecule has 1 rings (SSSR count). The molecule has 4 nitrogen and oxygen atoms in total. The van der Waals surface area contributed by atoms with Gasteiger partial charge in [-0.25, -0.2) is 0 Å². The molecule has 0 aliphatic carbocycles. The van der Waals surface area contributed by atoms with E-state index in [0.29, 0.717) is 6.54 Å². The first-order valence-electron chi connectivity index (χ1n) is 3.74. The molecule has 0 saturated carbocycles. The average molecular weight is 194 g/mol. The Kier molecular flexibility index (Phi) is 2.53. The van der Waals surface area contributed by atoms with Crippen LogP contribution in [0.1, 0.15) is 19.7 Å². The topological polar surface area (TPSA) is 43.6 Å². The van der Waals surface area contributed by atoms with Crippen LogP contribution in [0, 0.1) is 5.92 Å². The van der Waals surface area contributed by atoms with Gasteiger partial charge in [0, 0.05) is 0 Å². The zero-order valence-electron chi connectivity index (χ0n) is 7.21. The molecule has 0 unspecified atom stereocenters. The van der Waals surface area contributed by atoms with Gasteiger partial charge in [0.05, 0.1) is 6.54 Å². The normalized spacial score (nSPS) is 12.5. The molecule has 1 aromatic heterocycles. The number of tetrazole rings is 1. The molecule has 0 amide bonds. The van der Waals surface area contributed by atoms with Crippen molar-refractivity contribution in [2.45, 2.75) is 26.6 Å². The molecule has 1 aromatic rings. The lowest BCUT2D eigenvalue weighted by molar-refractivity contribution is -0.145. The molecule has 0 fully saturated rings. The van der Waals surface area contributed by atoms with Crippen LogP contribution in [0.25, 0.3) is 0 Å². The van der Waals surface area contributed by atoms with Crippen LogP contribution in [0.15, 0.2) is 0 Å². The summed E-state index contributed by atoms with van der Waals surface area (Å²) in [5, 5.41) is 9.37. The van der Waals surface area contributed by atoms with Gasteiger partial charge in [0.15, 0.2) is 0 Å². The molecule has 0 aliphatic rings. The van der Waals surface area contributed by atoms with Gasteiger partial charge in [-0.2, -0.15) is 18.0 Å². The first-order valence-corrected chi connectivity index (χ1v) is 3.74. The van der Waals surface area contributed by atoms with Gasteiger partial charge < -0.3 is 0 Å². The SMILES string of the molecule is CC(C)Cn1nnc(C(F)(F)F)n1. The Balaban J connectivity index is 2.75. The minimum atomic E-state index is -4.50. The van der Waals surface area contributed by atoms with Crippen molar-refractivity contribution in [1.29, 1.82) is 0 Å². The second kappa shape index (κ2) is 3.31. The Morgan fingerprint density at radius 3 is 2.38 bits per heavy atom. The van der Waals surface area contributed by atoms with Crippen molar-refractivity contribution in [3.05, 3.63) is 5.82 Å². The number of nitrogens with zero attached hydrogens (tertiary/aromatic N) is 4. The molecule has 13 heavy (non-hydrogen) atoms. The van der Waals surface area contributed by atoms with Gasteiger partial charge in [-0.3, -0.25) is 0 Å². The lowest BCUT2D eigenvalue weighted by Gasteiger charge is -2.01. The van der Waals surface area contributed by atoms with Crippen LogP contribution < -0.4 is 0 Å². The van der Waals surface area contributed by atoms with Crippen LogP contribution >= 0.6 is 0 Å². The summed E-state index contributed by atoms with van der Waals surface area (Å²) in [5.74, 6) is -0.997. The van der Waals surface area contributed by atoms with E-state index in [2.05, 4.69) is 15.4 Å². The molecular weight excluding hydrogens is 185 g/mol. The molecule has 0 radical (unpaired) electrons. The summed E-state index contributed by atoms with van der Waals surface area (Å²) in [4.78, 5) is 0.952. The highest BCUT2D eigenvalue weighted by molar-refractivity contribution is 4.82. The lowest BCUT2D eigenvalue weighted by atomic mass is 10.2. The largest absolute Gasteiger partial charge is 0.455 e. The molecule has 0 spiro atoms. The molecule has 0 bridgehead atoms. The monoisotopic (exact) mass is 194 g/mol. The highest BCUT2D eigenvalue weighted by Crippen LogP contribution is 2.24. The van der Waals surface area contributed by atoms with E-state index in [-0.39, 0.29) is 5.92 Å². The lowest BCUT2D eigenvalue weighted by Crippen LogP contribution is -2.11. The molecule has 0 saturated heterocycles. The van der Waals surface area contributed by atoms with Crippen molar-refractivity contribution < 1.29 is 13.2 Å². The van der Waals surface area contributed by atoms with Crippen LogP contribution in [0.4, 0.5) is 13.2 Å². The Hall–Kier alpha value is -1.14. The highest BCUT2D eigenvalue weighted by Gasteiger charge is 2.36. The standard InChI is InChI=1S/C6H9F3N4/c1-4(2)3-13-11-5(10-12-13)6(7,8)9/h4H,3H2,1-2H3. The molecule has 0 N–H and O–H groups in total. The first-order chi connectivity index (χ1) is 5.89. The fourth-order valence-electron chi connectivity index (χ4n) is 0.761. The van der Waals surface area contributed by atoms with Crippen molar-refractivity contribution >= 4 is 0 Å². The molecule has 0 aromatic carbocycles. The van der Waals surface area contributed by atoms with E-state index in [1.54, 1.807) is 0 Å². The minimum absolute atomic E-state index is 0.190. The maximum Gasteiger partial charge on any atom is 0.455 e. The van der Waals surface area contributed by atoms with Gasteiger partial charge >= 0.3 is 6.18 Å². The zero-order chi connectivity index (χ0) is 10.1. The second-order valence-corrected chi connectivity index (χ2v) is 3.06. The minimum Gasteiger partial charge on any atom is -0.164 e. The van der Waals surface area contributed by atoms with Crippen molar-refractivity contribution in [1.82, 2.24) is 20.2 Å². The van der Waals surface area contributed by atoms with E-state index in [4.69, 9.17) is 0 Å². The van der Waals surface area contributed by atoms with E-state index >= 15 is 0 Å². The van der Waals surface area contributed by atoms with E-state index in [0.717, 1.165) is 4.80 Å². The Morgan fingerprint density at radius 1 is 1.38 bits per heavy atom. The molecule has 74 valence electrons. The third-order valence-corrected chi connectivity index (χ3v) is 1.23. The summed E-state index contributed by atoms with van der Waals surface area (Å²) >= 11 is 0. The molecule has 7 heteroatoms. The number of rotatable bonds is 2. The number of hydrogen-bond acceptors (Lipinski definition) is 3. The van der Waals surface area contributed by atoms with Gasteiger partial charge in [-0.15, -0.1) is 10.2 Å². The third-order valence-electron chi connectivity index (χ3n) is 1.23. The van der Waals surface area contributed by atoms with E-state index < -0.39 is 12.0 Å². The number of alkyl halides is 3. The Labute approximate surface area is 72.7 Å². The summed E-state index contributed by atoms with van der Waals surface area (Å²) in [6, 6.07) is 0. The quantitative estimate of drug-likeness (QED) is 0.713. The van der Waals surface area contributed by atoms with Crippen LogP contribution in [0.2, 0.25) is 0 Å². The van der Waals surface area contributed by atoms with Gasteiger partial charge in [-0.05, 0) is 11.1 Å². The second-order valence-electron chi connectivity index (χ2n) is 3.06. The molecular formula is C6H9F3N4. The van der Waals surface area contributed by atoms with Gasteiger partial charge in [0.2, 0.25) is 0 Å². The van der Waals surface area contributed by atoms with E-state index in [9.17, 15) is 13.2 Å². The number of halogens is 3. The highest BCUT2D eigenvalue weighted by atomic mass is 19.4. The predicted molar refractivity (Wildman–Crippen MR) is 37.7 cm³/mol. The number of aromatic nitrogens is 4. The number of hydrogen-bond donors (Lipinski definition) is 0. The van der Waals surface area contributed by atoms with Crippen molar-refractivity contribution in [3.8, 4) is 0 Å².